The van der Waals surface area contributed by atoms with Crippen LogP contribution in [0.2, 0.25) is 0 Å². The van der Waals surface area contributed by atoms with Crippen molar-refractivity contribution >= 4 is 35.0 Å². The summed E-state index contributed by atoms with van der Waals surface area (Å²) >= 11 is 1.49. The molecule has 1 heterocycles. The number of anilines is 2. The topological polar surface area (TPSA) is 67.4 Å². The molecular formula is C18H18N2O3S. The number of ether oxygens (including phenoxy) is 1. The Kier molecular flexibility index (Phi) is 4.49. The summed E-state index contributed by atoms with van der Waals surface area (Å²) in [5, 5.41) is 5.69. The van der Waals surface area contributed by atoms with E-state index in [0.29, 0.717) is 17.0 Å². The highest BCUT2D eigenvalue weighted by molar-refractivity contribution is 8.00. The molecule has 3 rings (SSSR count). The molecule has 0 unspecified atom stereocenters. The van der Waals surface area contributed by atoms with Crippen LogP contribution in [0.3, 0.4) is 0 Å². The first-order valence-electron chi connectivity index (χ1n) is 7.51. The quantitative estimate of drug-likeness (QED) is 0.894. The van der Waals surface area contributed by atoms with Crippen molar-refractivity contribution in [3.8, 4) is 5.75 Å². The first-order valence-corrected chi connectivity index (χ1v) is 8.50. The second kappa shape index (κ2) is 6.57. The average molecular weight is 342 g/mol. The van der Waals surface area contributed by atoms with Crippen molar-refractivity contribution in [2.24, 2.45) is 0 Å². The van der Waals surface area contributed by atoms with E-state index in [1.165, 1.54) is 11.8 Å². The summed E-state index contributed by atoms with van der Waals surface area (Å²) in [5.41, 5.74) is 3.78. The fraction of sp³-hybridized carbons (Fsp3) is 0.222. The molecule has 0 radical (unpaired) electrons. The van der Waals surface area contributed by atoms with Crippen molar-refractivity contribution in [2.45, 2.75) is 18.7 Å². The van der Waals surface area contributed by atoms with Crippen LogP contribution in [-0.4, -0.2) is 24.7 Å². The third kappa shape index (κ3) is 3.23. The Morgan fingerprint density at radius 3 is 2.58 bits per heavy atom. The lowest BCUT2D eigenvalue weighted by atomic mass is 10.0. The van der Waals surface area contributed by atoms with Gasteiger partial charge in [-0.1, -0.05) is 0 Å². The van der Waals surface area contributed by atoms with Gasteiger partial charge in [0.05, 0.1) is 18.6 Å². The molecule has 0 saturated heterocycles. The molecule has 0 saturated carbocycles. The molecule has 24 heavy (non-hydrogen) atoms. The maximum Gasteiger partial charge on any atom is 0.255 e. The van der Waals surface area contributed by atoms with E-state index >= 15 is 0 Å². The number of rotatable bonds is 3. The van der Waals surface area contributed by atoms with E-state index in [0.717, 1.165) is 27.5 Å². The van der Waals surface area contributed by atoms with Crippen LogP contribution in [0.5, 0.6) is 5.75 Å². The molecule has 1 aliphatic rings. The highest BCUT2D eigenvalue weighted by atomic mass is 32.2. The first kappa shape index (κ1) is 16.4. The zero-order valence-electron chi connectivity index (χ0n) is 13.7. The van der Waals surface area contributed by atoms with Gasteiger partial charge in [-0.2, -0.15) is 0 Å². The maximum atomic E-state index is 12.5. The van der Waals surface area contributed by atoms with Crippen molar-refractivity contribution in [3.63, 3.8) is 0 Å². The Balaban J connectivity index is 1.83. The number of fused-ring (bicyclic) bond motifs is 1. The van der Waals surface area contributed by atoms with Gasteiger partial charge in [0, 0.05) is 16.1 Å². The van der Waals surface area contributed by atoms with Gasteiger partial charge >= 0.3 is 0 Å². The predicted molar refractivity (Wildman–Crippen MR) is 96.2 cm³/mol. The van der Waals surface area contributed by atoms with Crippen LogP contribution in [-0.2, 0) is 4.79 Å². The van der Waals surface area contributed by atoms with Gasteiger partial charge in [0.15, 0.2) is 0 Å². The average Bonchev–Trinajstić information content (AvgIpc) is 2.54. The molecule has 0 bridgehead atoms. The third-order valence-corrected chi connectivity index (χ3v) is 4.87. The van der Waals surface area contributed by atoms with Crippen molar-refractivity contribution < 1.29 is 14.3 Å². The smallest absolute Gasteiger partial charge is 0.255 e. The Labute approximate surface area is 144 Å². The number of methoxy groups -OCH3 is 1. The maximum absolute atomic E-state index is 12.5. The number of amides is 2. The first-order chi connectivity index (χ1) is 11.5. The lowest BCUT2D eigenvalue weighted by molar-refractivity contribution is -0.113. The number of carbonyl (C=O) groups excluding carboxylic acids is 2. The highest BCUT2D eigenvalue weighted by Gasteiger charge is 2.17. The molecule has 0 fully saturated rings. The Hall–Kier alpha value is -2.47. The molecule has 124 valence electrons. The fourth-order valence-electron chi connectivity index (χ4n) is 2.77. The summed E-state index contributed by atoms with van der Waals surface area (Å²) in [6.07, 6.45) is 0. The normalized spacial score (nSPS) is 13.0. The summed E-state index contributed by atoms with van der Waals surface area (Å²) in [6.45, 7) is 3.82. The van der Waals surface area contributed by atoms with Gasteiger partial charge in [0.25, 0.3) is 5.91 Å². The molecule has 0 atom stereocenters. The van der Waals surface area contributed by atoms with Crippen LogP contribution in [0, 0.1) is 13.8 Å². The summed E-state index contributed by atoms with van der Waals surface area (Å²) in [6, 6.07) is 9.12. The van der Waals surface area contributed by atoms with Crippen LogP contribution in [0.1, 0.15) is 21.5 Å². The predicted octanol–water partition coefficient (Wildman–Crippen LogP) is 3.61. The van der Waals surface area contributed by atoms with Crippen molar-refractivity contribution in [1.82, 2.24) is 0 Å². The molecule has 0 aliphatic carbocycles. The van der Waals surface area contributed by atoms with E-state index < -0.39 is 0 Å². The molecule has 6 heteroatoms. The molecule has 1 aliphatic heterocycles. The number of thioether (sulfide) groups is 1. The molecule has 2 aromatic carbocycles. The van der Waals surface area contributed by atoms with Crippen LogP contribution in [0.4, 0.5) is 11.4 Å². The Morgan fingerprint density at radius 1 is 1.21 bits per heavy atom. The van der Waals surface area contributed by atoms with Gasteiger partial charge in [-0.25, -0.2) is 0 Å². The Morgan fingerprint density at radius 2 is 1.92 bits per heavy atom. The lowest BCUT2D eigenvalue weighted by Crippen LogP contribution is -2.19. The molecule has 2 amide bonds. The van der Waals surface area contributed by atoms with Gasteiger partial charge in [-0.05, 0) is 55.3 Å². The number of carbonyl (C=O) groups is 2. The van der Waals surface area contributed by atoms with E-state index in [2.05, 4.69) is 10.6 Å². The summed E-state index contributed by atoms with van der Waals surface area (Å²) in [5.74, 6) is 0.986. The standard InChI is InChI=1S/C18H18N2O3S/c1-10-6-12(7-11(2)17(10)23-3)18(22)19-13-4-5-15-14(8-13)20-16(21)9-24-15/h4-8H,9H2,1-3H3,(H,19,22)(H,20,21). The molecule has 2 aromatic rings. The van der Waals surface area contributed by atoms with Crippen LogP contribution in [0.15, 0.2) is 35.2 Å². The molecule has 0 spiro atoms. The van der Waals surface area contributed by atoms with Crippen molar-refractivity contribution in [1.29, 1.82) is 0 Å². The molecule has 5 nitrogen and oxygen atoms in total. The summed E-state index contributed by atoms with van der Waals surface area (Å²) in [4.78, 5) is 25.0. The van der Waals surface area contributed by atoms with Gasteiger partial charge in [0.2, 0.25) is 5.91 Å². The van der Waals surface area contributed by atoms with Gasteiger partial charge in [-0.3, -0.25) is 9.59 Å². The molecule has 2 N–H and O–H groups in total. The number of hydrogen-bond donors (Lipinski definition) is 2. The van der Waals surface area contributed by atoms with E-state index in [9.17, 15) is 9.59 Å². The third-order valence-electron chi connectivity index (χ3n) is 3.80. The van der Waals surface area contributed by atoms with Crippen molar-refractivity contribution in [3.05, 3.63) is 47.0 Å². The second-order valence-corrected chi connectivity index (χ2v) is 6.66. The minimum atomic E-state index is -0.196. The zero-order valence-corrected chi connectivity index (χ0v) is 14.5. The number of nitrogens with one attached hydrogen (secondary N) is 2. The zero-order chi connectivity index (χ0) is 17.3. The summed E-state index contributed by atoms with van der Waals surface area (Å²) in [7, 11) is 1.62. The van der Waals surface area contributed by atoms with E-state index in [-0.39, 0.29) is 11.8 Å². The van der Waals surface area contributed by atoms with E-state index in [1.807, 2.05) is 26.0 Å². The largest absolute Gasteiger partial charge is 0.496 e. The monoisotopic (exact) mass is 342 g/mol. The van der Waals surface area contributed by atoms with Gasteiger partial charge in [0.1, 0.15) is 5.75 Å². The fourth-order valence-corrected chi connectivity index (χ4v) is 3.56. The minimum Gasteiger partial charge on any atom is -0.496 e. The molecular weight excluding hydrogens is 324 g/mol. The minimum absolute atomic E-state index is 0.0302. The van der Waals surface area contributed by atoms with Crippen LogP contribution < -0.4 is 15.4 Å². The number of aryl methyl sites for hydroxylation is 2. The van der Waals surface area contributed by atoms with E-state index in [1.54, 1.807) is 25.3 Å². The van der Waals surface area contributed by atoms with E-state index in [4.69, 9.17) is 4.74 Å². The second-order valence-electron chi connectivity index (χ2n) is 5.65. The van der Waals surface area contributed by atoms with Gasteiger partial charge in [-0.15, -0.1) is 11.8 Å². The number of hydrogen-bond acceptors (Lipinski definition) is 4. The SMILES string of the molecule is COc1c(C)cc(C(=O)Nc2ccc3c(c2)NC(=O)CS3)cc1C. The van der Waals surface area contributed by atoms with Crippen LogP contribution in [0.25, 0.3) is 0 Å². The highest BCUT2D eigenvalue weighted by Crippen LogP contribution is 2.33. The van der Waals surface area contributed by atoms with Crippen LogP contribution >= 0.6 is 11.8 Å². The van der Waals surface area contributed by atoms with Gasteiger partial charge < -0.3 is 15.4 Å². The lowest BCUT2D eigenvalue weighted by Gasteiger charge is -2.17. The molecule has 0 aromatic heterocycles. The summed E-state index contributed by atoms with van der Waals surface area (Å²) < 4.78 is 5.33. The Bertz CT molecular complexity index is 810. The number of benzene rings is 2. The van der Waals surface area contributed by atoms with Crippen molar-refractivity contribution in [2.75, 3.05) is 23.5 Å².